The molecule has 0 aliphatic heterocycles. The largest absolute Gasteiger partial charge is 0.444 e. The van der Waals surface area contributed by atoms with Crippen molar-refractivity contribution in [1.29, 1.82) is 0 Å². The standard InChI is InChI=1S/C14H23N3O2/c1-10-5-6-12(11(15)9-10)16-7-8-17-13(18)19-14(2,3)4/h5-6,9,16H,7-8,15H2,1-4H3,(H,17,18). The molecule has 1 aromatic carbocycles. The number of nitrogens with two attached hydrogens (primary N) is 1. The number of carbonyl (C=O) groups is 1. The molecule has 0 fully saturated rings. The van der Waals surface area contributed by atoms with Gasteiger partial charge in [0.2, 0.25) is 0 Å². The quantitative estimate of drug-likeness (QED) is 0.577. The highest BCUT2D eigenvalue weighted by molar-refractivity contribution is 5.68. The Morgan fingerprint density at radius 2 is 2.00 bits per heavy atom. The second kappa shape index (κ2) is 6.31. The summed E-state index contributed by atoms with van der Waals surface area (Å²) in [5.41, 5.74) is 8.10. The lowest BCUT2D eigenvalue weighted by Crippen LogP contribution is -2.35. The zero-order valence-corrected chi connectivity index (χ0v) is 12.0. The van der Waals surface area contributed by atoms with Crippen molar-refractivity contribution in [2.24, 2.45) is 0 Å². The van der Waals surface area contributed by atoms with Gasteiger partial charge in [-0.3, -0.25) is 0 Å². The molecule has 0 saturated heterocycles. The number of ether oxygens (including phenoxy) is 1. The first-order chi connectivity index (χ1) is 8.78. The summed E-state index contributed by atoms with van der Waals surface area (Å²) < 4.78 is 5.13. The minimum absolute atomic E-state index is 0.411. The molecule has 0 bridgehead atoms. The van der Waals surface area contributed by atoms with Crippen molar-refractivity contribution in [2.45, 2.75) is 33.3 Å². The van der Waals surface area contributed by atoms with E-state index in [2.05, 4.69) is 10.6 Å². The van der Waals surface area contributed by atoms with Gasteiger partial charge in [0.15, 0.2) is 0 Å². The summed E-state index contributed by atoms with van der Waals surface area (Å²) in [6.45, 7) is 8.55. The van der Waals surface area contributed by atoms with Crippen LogP contribution in [-0.2, 0) is 4.74 Å². The van der Waals surface area contributed by atoms with E-state index in [9.17, 15) is 4.79 Å². The second-order valence-corrected chi connectivity index (χ2v) is 5.45. The number of nitrogen functional groups attached to an aromatic ring is 1. The molecule has 5 heteroatoms. The van der Waals surface area contributed by atoms with Crippen molar-refractivity contribution in [3.05, 3.63) is 23.8 Å². The highest BCUT2D eigenvalue weighted by Crippen LogP contribution is 2.18. The van der Waals surface area contributed by atoms with E-state index in [1.807, 2.05) is 45.9 Å². The van der Waals surface area contributed by atoms with E-state index >= 15 is 0 Å². The van der Waals surface area contributed by atoms with Crippen molar-refractivity contribution in [2.75, 3.05) is 24.1 Å². The Morgan fingerprint density at radius 3 is 2.58 bits per heavy atom. The van der Waals surface area contributed by atoms with Crippen molar-refractivity contribution < 1.29 is 9.53 Å². The molecular weight excluding hydrogens is 242 g/mol. The minimum Gasteiger partial charge on any atom is -0.444 e. The zero-order valence-electron chi connectivity index (χ0n) is 12.0. The van der Waals surface area contributed by atoms with Gasteiger partial charge in [0.05, 0.1) is 11.4 Å². The molecule has 106 valence electrons. The first-order valence-electron chi connectivity index (χ1n) is 6.35. The molecule has 0 spiro atoms. The van der Waals surface area contributed by atoms with Gasteiger partial charge in [-0.05, 0) is 45.4 Å². The molecule has 0 aliphatic rings. The molecule has 1 rings (SSSR count). The zero-order chi connectivity index (χ0) is 14.5. The summed E-state index contributed by atoms with van der Waals surface area (Å²) >= 11 is 0. The molecule has 0 saturated carbocycles. The Labute approximate surface area is 114 Å². The van der Waals surface area contributed by atoms with Crippen LogP contribution < -0.4 is 16.4 Å². The number of nitrogens with one attached hydrogen (secondary N) is 2. The lowest BCUT2D eigenvalue weighted by Gasteiger charge is -2.19. The molecule has 0 unspecified atom stereocenters. The van der Waals surface area contributed by atoms with Gasteiger partial charge >= 0.3 is 6.09 Å². The molecule has 0 atom stereocenters. The van der Waals surface area contributed by atoms with Gasteiger partial charge in [-0.1, -0.05) is 6.07 Å². The third-order valence-electron chi connectivity index (χ3n) is 2.32. The van der Waals surface area contributed by atoms with E-state index in [1.165, 1.54) is 0 Å². The van der Waals surface area contributed by atoms with Gasteiger partial charge in [0, 0.05) is 13.1 Å². The Kier molecular flexibility index (Phi) is 5.03. The average Bonchev–Trinajstić information content (AvgIpc) is 2.24. The van der Waals surface area contributed by atoms with Crippen LogP contribution in [0.1, 0.15) is 26.3 Å². The number of anilines is 2. The van der Waals surface area contributed by atoms with Crippen molar-refractivity contribution in [1.82, 2.24) is 5.32 Å². The Hall–Kier alpha value is -1.91. The number of aryl methyl sites for hydroxylation is 1. The number of benzene rings is 1. The van der Waals surface area contributed by atoms with Crippen LogP contribution in [0.4, 0.5) is 16.2 Å². The number of alkyl carbamates (subject to hydrolysis) is 1. The molecular formula is C14H23N3O2. The van der Waals surface area contributed by atoms with Crippen LogP contribution in [-0.4, -0.2) is 24.8 Å². The summed E-state index contributed by atoms with van der Waals surface area (Å²) in [5, 5.41) is 5.84. The number of rotatable bonds is 4. The van der Waals surface area contributed by atoms with E-state index < -0.39 is 11.7 Å². The number of carbonyl (C=O) groups excluding carboxylic acids is 1. The molecule has 5 nitrogen and oxygen atoms in total. The van der Waals surface area contributed by atoms with E-state index in [0.29, 0.717) is 18.8 Å². The fraction of sp³-hybridized carbons (Fsp3) is 0.500. The molecule has 0 heterocycles. The summed E-state index contributed by atoms with van der Waals surface area (Å²) in [4.78, 5) is 11.4. The maximum absolute atomic E-state index is 11.4. The number of hydrogen-bond acceptors (Lipinski definition) is 4. The van der Waals surface area contributed by atoms with E-state index in [0.717, 1.165) is 11.3 Å². The van der Waals surface area contributed by atoms with E-state index in [1.54, 1.807) is 0 Å². The van der Waals surface area contributed by atoms with Crippen LogP contribution in [0.15, 0.2) is 18.2 Å². The first-order valence-corrected chi connectivity index (χ1v) is 6.35. The summed E-state index contributed by atoms with van der Waals surface area (Å²) in [7, 11) is 0. The smallest absolute Gasteiger partial charge is 0.407 e. The lowest BCUT2D eigenvalue weighted by atomic mass is 10.2. The fourth-order valence-corrected chi connectivity index (χ4v) is 1.52. The van der Waals surface area contributed by atoms with Crippen LogP contribution in [0.2, 0.25) is 0 Å². The van der Waals surface area contributed by atoms with Crippen molar-refractivity contribution in [3.63, 3.8) is 0 Å². The van der Waals surface area contributed by atoms with Crippen LogP contribution in [0.5, 0.6) is 0 Å². The predicted molar refractivity (Wildman–Crippen MR) is 78.3 cm³/mol. The molecule has 0 radical (unpaired) electrons. The summed E-state index contributed by atoms with van der Waals surface area (Å²) in [6.07, 6.45) is -0.411. The monoisotopic (exact) mass is 265 g/mol. The third-order valence-corrected chi connectivity index (χ3v) is 2.32. The fourth-order valence-electron chi connectivity index (χ4n) is 1.52. The highest BCUT2D eigenvalue weighted by atomic mass is 16.6. The molecule has 0 aliphatic carbocycles. The highest BCUT2D eigenvalue weighted by Gasteiger charge is 2.15. The molecule has 19 heavy (non-hydrogen) atoms. The minimum atomic E-state index is -0.473. The van der Waals surface area contributed by atoms with Gasteiger partial charge in [-0.2, -0.15) is 0 Å². The topological polar surface area (TPSA) is 76.4 Å². The molecule has 4 N–H and O–H groups in total. The van der Waals surface area contributed by atoms with Crippen LogP contribution in [0.3, 0.4) is 0 Å². The van der Waals surface area contributed by atoms with Crippen LogP contribution in [0.25, 0.3) is 0 Å². The Morgan fingerprint density at radius 1 is 1.32 bits per heavy atom. The van der Waals surface area contributed by atoms with Gasteiger partial charge in [0.25, 0.3) is 0 Å². The SMILES string of the molecule is Cc1ccc(NCCNC(=O)OC(C)(C)C)c(N)c1. The number of amides is 1. The van der Waals surface area contributed by atoms with Crippen LogP contribution in [0, 0.1) is 6.92 Å². The third kappa shape index (κ3) is 5.99. The Balaban J connectivity index is 2.29. The van der Waals surface area contributed by atoms with E-state index in [4.69, 9.17) is 10.5 Å². The number of hydrogen-bond donors (Lipinski definition) is 3. The van der Waals surface area contributed by atoms with Crippen molar-refractivity contribution >= 4 is 17.5 Å². The predicted octanol–water partition coefficient (Wildman–Crippen LogP) is 2.51. The van der Waals surface area contributed by atoms with Gasteiger partial charge < -0.3 is 21.1 Å². The van der Waals surface area contributed by atoms with Crippen molar-refractivity contribution in [3.8, 4) is 0 Å². The van der Waals surface area contributed by atoms with Gasteiger partial charge in [0.1, 0.15) is 5.60 Å². The molecule has 1 aromatic rings. The summed E-state index contributed by atoms with van der Waals surface area (Å²) in [6, 6.07) is 5.82. The average molecular weight is 265 g/mol. The maximum atomic E-state index is 11.4. The second-order valence-electron chi connectivity index (χ2n) is 5.45. The molecule has 1 amide bonds. The van der Waals surface area contributed by atoms with Crippen LogP contribution >= 0.6 is 0 Å². The Bertz CT molecular complexity index is 439. The van der Waals surface area contributed by atoms with Gasteiger partial charge in [-0.25, -0.2) is 4.79 Å². The normalized spacial score (nSPS) is 10.9. The lowest BCUT2D eigenvalue weighted by molar-refractivity contribution is 0.0530. The summed E-state index contributed by atoms with van der Waals surface area (Å²) in [5.74, 6) is 0. The van der Waals surface area contributed by atoms with Gasteiger partial charge in [-0.15, -0.1) is 0 Å². The van der Waals surface area contributed by atoms with E-state index in [-0.39, 0.29) is 0 Å². The molecule has 0 aromatic heterocycles. The first kappa shape index (κ1) is 15.1. The maximum Gasteiger partial charge on any atom is 0.407 e.